The number of nitrogens with zero attached hydrogens (tertiary/aromatic N) is 2. The number of ether oxygens (including phenoxy) is 1. The first-order valence-corrected chi connectivity index (χ1v) is 7.50. The van der Waals surface area contributed by atoms with E-state index in [-0.39, 0.29) is 23.8 Å². The lowest BCUT2D eigenvalue weighted by Gasteiger charge is -2.09. The molecule has 9 heteroatoms. The van der Waals surface area contributed by atoms with E-state index in [1.807, 2.05) is 0 Å². The predicted octanol–water partition coefficient (Wildman–Crippen LogP) is 4.82. The van der Waals surface area contributed by atoms with Gasteiger partial charge < -0.3 is 14.9 Å². The van der Waals surface area contributed by atoms with Gasteiger partial charge in [-0.25, -0.2) is 4.39 Å². The lowest BCUT2D eigenvalue weighted by molar-refractivity contribution is -0.390. The van der Waals surface area contributed by atoms with Gasteiger partial charge >= 0.3 is 5.82 Å². The van der Waals surface area contributed by atoms with Crippen LogP contribution in [0, 0.1) is 15.9 Å². The molecule has 1 heterocycles. The van der Waals surface area contributed by atoms with Crippen LogP contribution >= 0.6 is 39.1 Å². The van der Waals surface area contributed by atoms with Crippen LogP contribution in [0.1, 0.15) is 5.56 Å². The number of pyridine rings is 1. The molecule has 0 N–H and O–H groups in total. The summed E-state index contributed by atoms with van der Waals surface area (Å²) in [6.07, 6.45) is 1.49. The Labute approximate surface area is 143 Å². The van der Waals surface area contributed by atoms with Gasteiger partial charge in [0.1, 0.15) is 5.82 Å². The average molecular weight is 410 g/mol. The minimum Gasteiger partial charge on any atom is -0.485 e. The molecule has 0 radical (unpaired) electrons. The topological polar surface area (TPSA) is 65.3 Å². The molecular formula is C13H8BrCl2FN2O3. The van der Waals surface area contributed by atoms with Crippen molar-refractivity contribution < 1.29 is 14.1 Å². The highest BCUT2D eigenvalue weighted by Gasteiger charge is 2.18. The summed E-state index contributed by atoms with van der Waals surface area (Å²) in [7, 11) is 0. The lowest BCUT2D eigenvalue weighted by Crippen LogP contribution is -2.06. The largest absolute Gasteiger partial charge is 0.485 e. The molecule has 0 saturated carbocycles. The molecular weight excluding hydrogens is 402 g/mol. The number of aromatic nitrogens is 1. The van der Waals surface area contributed by atoms with E-state index >= 15 is 0 Å². The number of nitro groups is 1. The van der Waals surface area contributed by atoms with Crippen molar-refractivity contribution in [1.82, 2.24) is 4.98 Å². The fourth-order valence-electron chi connectivity index (χ4n) is 1.72. The maximum Gasteiger partial charge on any atom is 0.406 e. The van der Waals surface area contributed by atoms with E-state index < -0.39 is 16.6 Å². The summed E-state index contributed by atoms with van der Waals surface area (Å²) in [6, 6.07) is 3.99. The van der Waals surface area contributed by atoms with Gasteiger partial charge in [0.25, 0.3) is 0 Å². The molecule has 0 unspecified atom stereocenters. The smallest absolute Gasteiger partial charge is 0.406 e. The molecule has 2 rings (SSSR count). The Morgan fingerprint density at radius 1 is 1.41 bits per heavy atom. The fraction of sp³-hybridized carbons (Fsp3) is 0.154. The normalized spacial score (nSPS) is 10.5. The monoisotopic (exact) mass is 408 g/mol. The van der Waals surface area contributed by atoms with Crippen molar-refractivity contribution in [3.05, 3.63) is 60.4 Å². The van der Waals surface area contributed by atoms with Crippen LogP contribution in [-0.4, -0.2) is 16.5 Å². The molecule has 116 valence electrons. The number of benzene rings is 1. The maximum atomic E-state index is 13.4. The van der Waals surface area contributed by atoms with Crippen LogP contribution in [0.25, 0.3) is 0 Å². The number of halogens is 4. The van der Waals surface area contributed by atoms with Gasteiger partial charge in [-0.2, -0.15) is 0 Å². The summed E-state index contributed by atoms with van der Waals surface area (Å²) in [6.45, 7) is 0.0296. The first kappa shape index (κ1) is 16.9. The van der Waals surface area contributed by atoms with Crippen molar-refractivity contribution in [2.24, 2.45) is 0 Å². The SMILES string of the molecule is O=[N+]([O-])c1ncc(Br)cc1OCCc1c(Cl)ccc(F)c1Cl. The molecule has 5 nitrogen and oxygen atoms in total. The van der Waals surface area contributed by atoms with Gasteiger partial charge in [-0.1, -0.05) is 23.2 Å². The quantitative estimate of drug-likeness (QED) is 0.403. The van der Waals surface area contributed by atoms with Crippen molar-refractivity contribution in [1.29, 1.82) is 0 Å². The standard InChI is InChI=1S/C13H8BrCl2FN2O3/c14-7-5-11(13(18-6-7)19(20)21)22-4-3-8-9(15)1-2-10(17)12(8)16/h1-2,5-6H,3-4H2. The van der Waals surface area contributed by atoms with Gasteiger partial charge in [-0.05, 0) is 43.5 Å². The molecule has 0 saturated heterocycles. The highest BCUT2D eigenvalue weighted by Crippen LogP contribution is 2.30. The van der Waals surface area contributed by atoms with Crippen molar-refractivity contribution in [2.45, 2.75) is 6.42 Å². The van der Waals surface area contributed by atoms with Crippen LogP contribution in [0.5, 0.6) is 5.75 Å². The third-order valence-electron chi connectivity index (χ3n) is 2.72. The van der Waals surface area contributed by atoms with Gasteiger partial charge in [0, 0.05) is 17.5 Å². The minimum absolute atomic E-state index is 0.00280. The van der Waals surface area contributed by atoms with E-state index in [2.05, 4.69) is 20.9 Å². The van der Waals surface area contributed by atoms with Crippen LogP contribution in [0.3, 0.4) is 0 Å². The van der Waals surface area contributed by atoms with E-state index in [9.17, 15) is 14.5 Å². The molecule has 0 aliphatic heterocycles. The van der Waals surface area contributed by atoms with Gasteiger partial charge in [0.15, 0.2) is 6.20 Å². The second kappa shape index (κ2) is 7.21. The Bertz CT molecular complexity index is 731. The summed E-state index contributed by atoms with van der Waals surface area (Å²) >= 11 is 15.0. The Hall–Kier alpha value is -1.44. The van der Waals surface area contributed by atoms with Crippen molar-refractivity contribution in [3.8, 4) is 5.75 Å². The van der Waals surface area contributed by atoms with Gasteiger partial charge in [-0.3, -0.25) is 0 Å². The zero-order valence-corrected chi connectivity index (χ0v) is 14.0. The average Bonchev–Trinajstić information content (AvgIpc) is 2.46. The van der Waals surface area contributed by atoms with Crippen LogP contribution < -0.4 is 4.74 Å². The molecule has 0 bridgehead atoms. The summed E-state index contributed by atoms with van der Waals surface area (Å²) in [5.41, 5.74) is 0.383. The van der Waals surface area contributed by atoms with Gasteiger partial charge in [0.05, 0.1) is 16.1 Å². The highest BCUT2D eigenvalue weighted by atomic mass is 79.9. The van der Waals surface area contributed by atoms with Crippen LogP contribution in [0.15, 0.2) is 28.9 Å². The lowest BCUT2D eigenvalue weighted by atomic mass is 10.1. The second-order valence-electron chi connectivity index (χ2n) is 4.15. The molecule has 2 aromatic rings. The first-order valence-electron chi connectivity index (χ1n) is 5.95. The Morgan fingerprint density at radius 3 is 2.82 bits per heavy atom. The molecule has 1 aromatic carbocycles. The summed E-state index contributed by atoms with van der Waals surface area (Å²) in [5, 5.41) is 11.1. The van der Waals surface area contributed by atoms with Gasteiger partial charge in [-0.15, -0.1) is 0 Å². The molecule has 0 spiro atoms. The Balaban J connectivity index is 2.14. The van der Waals surface area contributed by atoms with Crippen LogP contribution in [-0.2, 0) is 6.42 Å². The molecule has 0 aliphatic rings. The number of rotatable bonds is 5. The van der Waals surface area contributed by atoms with E-state index in [1.54, 1.807) is 0 Å². The molecule has 0 aliphatic carbocycles. The highest BCUT2D eigenvalue weighted by molar-refractivity contribution is 9.10. The molecule has 22 heavy (non-hydrogen) atoms. The summed E-state index contributed by atoms with van der Waals surface area (Å²) < 4.78 is 19.3. The minimum atomic E-state index is -0.649. The second-order valence-corrected chi connectivity index (χ2v) is 5.85. The van der Waals surface area contributed by atoms with Crippen LogP contribution in [0.4, 0.5) is 10.2 Å². The third kappa shape index (κ3) is 3.85. The molecule has 0 amide bonds. The van der Waals surface area contributed by atoms with E-state index in [4.69, 9.17) is 27.9 Å². The van der Waals surface area contributed by atoms with Crippen LogP contribution in [0.2, 0.25) is 10.0 Å². The van der Waals surface area contributed by atoms with E-state index in [0.717, 1.165) is 6.07 Å². The summed E-state index contributed by atoms with van der Waals surface area (Å²) in [4.78, 5) is 13.9. The third-order valence-corrected chi connectivity index (χ3v) is 3.92. The predicted molar refractivity (Wildman–Crippen MR) is 84.2 cm³/mol. The van der Waals surface area contributed by atoms with Gasteiger partial charge in [0.2, 0.25) is 5.75 Å². The van der Waals surface area contributed by atoms with E-state index in [1.165, 1.54) is 18.3 Å². The van der Waals surface area contributed by atoms with Crippen molar-refractivity contribution >= 4 is 44.9 Å². The summed E-state index contributed by atoms with van der Waals surface area (Å²) in [5.74, 6) is -0.987. The molecule has 0 fully saturated rings. The van der Waals surface area contributed by atoms with Crippen molar-refractivity contribution in [3.63, 3.8) is 0 Å². The Morgan fingerprint density at radius 2 is 2.14 bits per heavy atom. The van der Waals surface area contributed by atoms with E-state index in [0.29, 0.717) is 15.1 Å². The van der Waals surface area contributed by atoms with Crippen molar-refractivity contribution in [2.75, 3.05) is 6.61 Å². The molecule has 1 aromatic heterocycles. The molecule has 0 atom stereocenters. The Kier molecular flexibility index (Phi) is 5.55. The number of hydrogen-bond donors (Lipinski definition) is 0. The maximum absolute atomic E-state index is 13.4. The zero-order chi connectivity index (χ0) is 16.3. The zero-order valence-electron chi connectivity index (χ0n) is 10.9. The first-order chi connectivity index (χ1) is 10.4. The number of hydrogen-bond acceptors (Lipinski definition) is 4. The fourth-order valence-corrected chi connectivity index (χ4v) is 2.59.